The lowest BCUT2D eigenvalue weighted by Gasteiger charge is -2.08. The van der Waals surface area contributed by atoms with Crippen molar-refractivity contribution in [3.63, 3.8) is 0 Å². The summed E-state index contributed by atoms with van der Waals surface area (Å²) in [5, 5.41) is 2.85. The van der Waals surface area contributed by atoms with Crippen molar-refractivity contribution in [3.8, 4) is 0 Å². The number of rotatable bonds is 4. The van der Waals surface area contributed by atoms with Crippen LogP contribution in [-0.2, 0) is 9.53 Å². The molecular weight excluding hydrogens is 279 g/mol. The number of halogens is 2. The summed E-state index contributed by atoms with van der Waals surface area (Å²) in [5.74, 6) is -1.04. The monoisotopic (exact) mass is 290 g/mol. The summed E-state index contributed by atoms with van der Waals surface area (Å²) in [4.78, 5) is 22.8. The Morgan fingerprint density at radius 1 is 1.33 bits per heavy atom. The number of anilines is 1. The normalized spacial score (nSPS) is 9.94. The minimum absolute atomic E-state index is 0.161. The van der Waals surface area contributed by atoms with Crippen LogP contribution in [0.4, 0.5) is 5.69 Å². The molecule has 0 atom stereocenters. The van der Waals surface area contributed by atoms with Crippen LogP contribution in [0.1, 0.15) is 17.3 Å². The van der Waals surface area contributed by atoms with E-state index in [2.05, 4.69) is 10.1 Å². The van der Waals surface area contributed by atoms with Crippen LogP contribution in [0.25, 0.3) is 0 Å². The molecule has 1 aromatic carbocycles. The first-order chi connectivity index (χ1) is 8.45. The second kappa shape index (κ2) is 6.47. The van der Waals surface area contributed by atoms with Gasteiger partial charge in [-0.1, -0.05) is 23.2 Å². The molecule has 0 aliphatic carbocycles. The van der Waals surface area contributed by atoms with Gasteiger partial charge >= 0.3 is 5.97 Å². The topological polar surface area (TPSA) is 81.4 Å². The van der Waals surface area contributed by atoms with E-state index in [9.17, 15) is 9.59 Å². The highest BCUT2D eigenvalue weighted by molar-refractivity contribution is 6.42. The van der Waals surface area contributed by atoms with E-state index < -0.39 is 11.9 Å². The molecule has 98 valence electrons. The van der Waals surface area contributed by atoms with Gasteiger partial charge in [0.05, 0.1) is 22.2 Å². The van der Waals surface area contributed by atoms with Gasteiger partial charge in [-0.2, -0.15) is 0 Å². The van der Waals surface area contributed by atoms with Crippen molar-refractivity contribution in [1.82, 2.24) is 5.32 Å². The van der Waals surface area contributed by atoms with Gasteiger partial charge in [-0.25, -0.2) is 0 Å². The zero-order valence-electron chi connectivity index (χ0n) is 9.63. The van der Waals surface area contributed by atoms with Gasteiger partial charge in [0.2, 0.25) is 0 Å². The van der Waals surface area contributed by atoms with Crippen LogP contribution in [0, 0.1) is 0 Å². The maximum Gasteiger partial charge on any atom is 0.325 e. The lowest BCUT2D eigenvalue weighted by molar-refractivity contribution is -0.141. The maximum absolute atomic E-state index is 11.7. The molecule has 0 fully saturated rings. The van der Waals surface area contributed by atoms with E-state index in [1.165, 1.54) is 12.1 Å². The third kappa shape index (κ3) is 3.78. The maximum atomic E-state index is 11.7. The number of carbonyl (C=O) groups excluding carboxylic acids is 2. The summed E-state index contributed by atoms with van der Waals surface area (Å²) in [5.41, 5.74) is 5.98. The van der Waals surface area contributed by atoms with Crippen LogP contribution >= 0.6 is 23.2 Å². The Morgan fingerprint density at radius 2 is 1.94 bits per heavy atom. The number of benzene rings is 1. The Kier molecular flexibility index (Phi) is 5.25. The third-order valence-corrected chi connectivity index (χ3v) is 2.76. The summed E-state index contributed by atoms with van der Waals surface area (Å²) < 4.78 is 4.67. The zero-order valence-corrected chi connectivity index (χ0v) is 11.1. The van der Waals surface area contributed by atoms with Crippen LogP contribution in [-0.4, -0.2) is 25.0 Å². The molecule has 1 rings (SSSR count). The number of carbonyl (C=O) groups is 2. The molecule has 0 bridgehead atoms. The van der Waals surface area contributed by atoms with Crippen molar-refractivity contribution >= 4 is 40.8 Å². The number of hydrogen-bond donors (Lipinski definition) is 2. The Bertz CT molecular complexity index is 478. The van der Waals surface area contributed by atoms with E-state index in [0.29, 0.717) is 0 Å². The number of ether oxygens (including phenoxy) is 1. The first-order valence-electron chi connectivity index (χ1n) is 5.14. The first-order valence-corrected chi connectivity index (χ1v) is 5.89. The van der Waals surface area contributed by atoms with E-state index in [1.807, 2.05) is 0 Å². The molecule has 5 nitrogen and oxygen atoms in total. The number of nitrogens with two attached hydrogens (primary N) is 1. The van der Waals surface area contributed by atoms with E-state index in [-0.39, 0.29) is 34.4 Å². The molecule has 0 aliphatic heterocycles. The van der Waals surface area contributed by atoms with Crippen LogP contribution in [0.2, 0.25) is 10.0 Å². The molecule has 0 heterocycles. The van der Waals surface area contributed by atoms with Crippen molar-refractivity contribution < 1.29 is 14.3 Å². The number of hydrogen-bond acceptors (Lipinski definition) is 4. The van der Waals surface area contributed by atoms with Crippen molar-refractivity contribution in [2.75, 3.05) is 18.9 Å². The Hall–Kier alpha value is -1.46. The smallest absolute Gasteiger partial charge is 0.325 e. The molecule has 7 heteroatoms. The molecule has 3 N–H and O–H groups in total. The quantitative estimate of drug-likeness (QED) is 0.655. The van der Waals surface area contributed by atoms with Crippen LogP contribution in [0.3, 0.4) is 0 Å². The fourth-order valence-corrected chi connectivity index (χ4v) is 1.55. The molecule has 1 aromatic rings. The fourth-order valence-electron chi connectivity index (χ4n) is 1.22. The van der Waals surface area contributed by atoms with Crippen molar-refractivity contribution in [3.05, 3.63) is 27.7 Å². The highest BCUT2D eigenvalue weighted by Gasteiger charge is 2.13. The van der Waals surface area contributed by atoms with Gasteiger partial charge in [-0.05, 0) is 19.1 Å². The average molecular weight is 291 g/mol. The number of nitrogen functional groups attached to an aromatic ring is 1. The molecule has 0 saturated heterocycles. The van der Waals surface area contributed by atoms with Crippen LogP contribution < -0.4 is 11.1 Å². The molecule has 1 amide bonds. The predicted molar refractivity (Wildman–Crippen MR) is 69.8 cm³/mol. The summed E-state index contributed by atoms with van der Waals surface area (Å²) in [6, 6.07) is 2.73. The SMILES string of the molecule is CCOC(=O)CNC(=O)c1cc(Cl)c(Cl)cc1N. The highest BCUT2D eigenvalue weighted by atomic mass is 35.5. The highest BCUT2D eigenvalue weighted by Crippen LogP contribution is 2.27. The second-order valence-electron chi connectivity index (χ2n) is 3.34. The molecule has 0 unspecified atom stereocenters. The third-order valence-electron chi connectivity index (χ3n) is 2.04. The molecule has 0 aromatic heterocycles. The predicted octanol–water partition coefficient (Wildman–Crippen LogP) is 1.87. The molecule has 0 aliphatic rings. The standard InChI is InChI=1S/C11H12Cl2N2O3/c1-2-18-10(16)5-15-11(17)6-3-7(12)8(13)4-9(6)14/h3-4H,2,5,14H2,1H3,(H,15,17). The van der Waals surface area contributed by atoms with Crippen molar-refractivity contribution in [2.45, 2.75) is 6.92 Å². The summed E-state index contributed by atoms with van der Waals surface area (Å²) in [6.07, 6.45) is 0. The lowest BCUT2D eigenvalue weighted by atomic mass is 10.1. The van der Waals surface area contributed by atoms with Gasteiger partial charge < -0.3 is 15.8 Å². The van der Waals surface area contributed by atoms with E-state index in [1.54, 1.807) is 6.92 Å². The molecule has 0 saturated carbocycles. The van der Waals surface area contributed by atoms with Crippen molar-refractivity contribution in [1.29, 1.82) is 0 Å². The van der Waals surface area contributed by atoms with Crippen LogP contribution in [0.5, 0.6) is 0 Å². The first kappa shape index (κ1) is 14.6. The summed E-state index contributed by atoms with van der Waals surface area (Å²) in [7, 11) is 0. The number of esters is 1. The molecular formula is C11H12Cl2N2O3. The Balaban J connectivity index is 2.73. The van der Waals surface area contributed by atoms with E-state index >= 15 is 0 Å². The fraction of sp³-hybridized carbons (Fsp3) is 0.273. The molecule has 18 heavy (non-hydrogen) atoms. The van der Waals surface area contributed by atoms with Gasteiger partial charge in [0.1, 0.15) is 6.54 Å². The Morgan fingerprint density at radius 3 is 2.56 bits per heavy atom. The minimum atomic E-state index is -0.524. The van der Waals surface area contributed by atoms with Gasteiger partial charge in [0.15, 0.2) is 0 Å². The van der Waals surface area contributed by atoms with E-state index in [0.717, 1.165) is 0 Å². The van der Waals surface area contributed by atoms with Gasteiger partial charge in [-0.3, -0.25) is 9.59 Å². The summed E-state index contributed by atoms with van der Waals surface area (Å²) in [6.45, 7) is 1.70. The zero-order chi connectivity index (χ0) is 13.7. The van der Waals surface area contributed by atoms with Gasteiger partial charge in [0, 0.05) is 5.69 Å². The second-order valence-corrected chi connectivity index (χ2v) is 4.16. The summed E-state index contributed by atoms with van der Waals surface area (Å²) >= 11 is 11.5. The Labute approximate surface area is 114 Å². The van der Waals surface area contributed by atoms with E-state index in [4.69, 9.17) is 28.9 Å². The minimum Gasteiger partial charge on any atom is -0.465 e. The van der Waals surface area contributed by atoms with Crippen molar-refractivity contribution in [2.24, 2.45) is 0 Å². The number of amides is 1. The number of nitrogens with one attached hydrogen (secondary N) is 1. The molecule has 0 spiro atoms. The molecule has 0 radical (unpaired) electrons. The largest absolute Gasteiger partial charge is 0.465 e. The average Bonchev–Trinajstić information content (AvgIpc) is 2.31. The van der Waals surface area contributed by atoms with Gasteiger partial charge in [-0.15, -0.1) is 0 Å². The van der Waals surface area contributed by atoms with Crippen LogP contribution in [0.15, 0.2) is 12.1 Å². The van der Waals surface area contributed by atoms with Gasteiger partial charge in [0.25, 0.3) is 5.91 Å². The lowest BCUT2D eigenvalue weighted by Crippen LogP contribution is -2.31.